The van der Waals surface area contributed by atoms with E-state index in [1.54, 1.807) is 19.1 Å². The van der Waals surface area contributed by atoms with Gasteiger partial charge in [0.15, 0.2) is 0 Å². The molecule has 0 aliphatic rings. The van der Waals surface area contributed by atoms with Gasteiger partial charge in [-0.2, -0.15) is 0 Å². The highest BCUT2D eigenvalue weighted by Crippen LogP contribution is 2.23. The fourth-order valence-corrected chi connectivity index (χ4v) is 2.95. The van der Waals surface area contributed by atoms with E-state index in [1.807, 2.05) is 24.4 Å². The summed E-state index contributed by atoms with van der Waals surface area (Å²) in [6, 6.07) is 9.22. The van der Waals surface area contributed by atoms with Crippen molar-refractivity contribution in [1.29, 1.82) is 0 Å². The number of nitrogen functional groups attached to an aromatic ring is 1. The second-order valence-corrected chi connectivity index (χ2v) is 7.10. The first-order valence-electron chi connectivity index (χ1n) is 10.0. The van der Waals surface area contributed by atoms with Crippen LogP contribution in [0.2, 0.25) is 5.02 Å². The number of amides is 1. The van der Waals surface area contributed by atoms with Gasteiger partial charge in [-0.1, -0.05) is 11.6 Å². The van der Waals surface area contributed by atoms with E-state index in [2.05, 4.69) is 20.6 Å². The maximum Gasteiger partial charge on any atom is 0.411 e. The Hall–Kier alpha value is -4.25. The molecule has 1 aromatic carbocycles. The molecule has 2 heterocycles. The number of carbonyl (C=O) groups is 3. The van der Waals surface area contributed by atoms with Crippen LogP contribution in [0.1, 0.15) is 12.5 Å². The van der Waals surface area contributed by atoms with Crippen molar-refractivity contribution in [3.63, 3.8) is 0 Å². The maximum absolute atomic E-state index is 11.4. The monoisotopic (exact) mass is 489 g/mol. The molecule has 0 atom stereocenters. The number of benzene rings is 1. The lowest BCUT2D eigenvalue weighted by Crippen LogP contribution is -2.15. The lowest BCUT2D eigenvalue weighted by Gasteiger charge is -2.10. The molecule has 0 saturated heterocycles. The number of halogens is 1. The molecular formula is C22H24ClN5O6. The van der Waals surface area contributed by atoms with E-state index in [4.69, 9.17) is 32.3 Å². The quantitative estimate of drug-likeness (QED) is 0.257. The Morgan fingerprint density at radius 2 is 1.88 bits per heavy atom. The highest BCUT2D eigenvalue weighted by Gasteiger charge is 2.08. The molecule has 3 rings (SSSR count). The van der Waals surface area contributed by atoms with Gasteiger partial charge in [-0.3, -0.25) is 5.32 Å². The van der Waals surface area contributed by atoms with Crippen molar-refractivity contribution in [2.45, 2.75) is 13.3 Å². The Bertz CT molecular complexity index is 1180. The topological polar surface area (TPSA) is 180 Å². The molecule has 0 unspecified atom stereocenters. The fraction of sp³-hybridized carbons (Fsp3) is 0.182. The van der Waals surface area contributed by atoms with E-state index in [0.29, 0.717) is 35.2 Å². The second-order valence-electron chi connectivity index (χ2n) is 6.67. The molecule has 180 valence electrons. The zero-order valence-corrected chi connectivity index (χ0v) is 18.9. The van der Waals surface area contributed by atoms with Crippen LogP contribution in [0.4, 0.5) is 22.1 Å². The van der Waals surface area contributed by atoms with Crippen LogP contribution >= 0.6 is 11.6 Å². The molecule has 34 heavy (non-hydrogen) atoms. The number of nitrogens with zero attached hydrogens (tertiary/aromatic N) is 1. The van der Waals surface area contributed by atoms with E-state index >= 15 is 0 Å². The van der Waals surface area contributed by atoms with Gasteiger partial charge < -0.3 is 31.0 Å². The number of nitrogens with two attached hydrogens (primary N) is 1. The van der Waals surface area contributed by atoms with Gasteiger partial charge in [0, 0.05) is 40.8 Å². The molecular weight excluding hydrogens is 466 g/mol. The van der Waals surface area contributed by atoms with Gasteiger partial charge >= 0.3 is 18.0 Å². The van der Waals surface area contributed by atoms with Gasteiger partial charge in [-0.25, -0.2) is 19.4 Å². The van der Waals surface area contributed by atoms with Crippen LogP contribution in [0, 0.1) is 0 Å². The molecule has 0 radical (unpaired) electrons. The summed E-state index contributed by atoms with van der Waals surface area (Å²) in [4.78, 5) is 38.0. The number of aliphatic carboxylic acids is 2. The van der Waals surface area contributed by atoms with E-state index < -0.39 is 18.0 Å². The average Bonchev–Trinajstić information content (AvgIpc) is 3.17. The molecule has 0 saturated carbocycles. The van der Waals surface area contributed by atoms with Gasteiger partial charge in [0.25, 0.3) is 0 Å². The minimum atomic E-state index is -1.26. The van der Waals surface area contributed by atoms with Crippen molar-refractivity contribution in [2.75, 3.05) is 29.5 Å². The predicted octanol–water partition coefficient (Wildman–Crippen LogP) is 3.73. The number of pyridine rings is 1. The Labute approximate surface area is 199 Å². The SMILES string of the molecule is CCOC(=O)Nc1ccc(NCCc2c[nH]c3ccc(Cl)cc23)nc1N.O=C(O)/C=C\C(=O)O. The smallest absolute Gasteiger partial charge is 0.411 e. The van der Waals surface area contributed by atoms with Crippen LogP contribution in [0.5, 0.6) is 0 Å². The van der Waals surface area contributed by atoms with Crippen molar-refractivity contribution in [2.24, 2.45) is 0 Å². The predicted molar refractivity (Wildman–Crippen MR) is 129 cm³/mol. The molecule has 12 heteroatoms. The fourth-order valence-electron chi connectivity index (χ4n) is 2.78. The third-order valence-corrected chi connectivity index (χ3v) is 4.47. The molecule has 0 bridgehead atoms. The van der Waals surface area contributed by atoms with Gasteiger partial charge in [0.05, 0.1) is 12.3 Å². The third kappa shape index (κ3) is 8.36. The minimum Gasteiger partial charge on any atom is -0.478 e. The number of rotatable bonds is 8. The van der Waals surface area contributed by atoms with E-state index in [9.17, 15) is 14.4 Å². The summed E-state index contributed by atoms with van der Waals surface area (Å²) in [5, 5.41) is 23.2. The van der Waals surface area contributed by atoms with E-state index in [0.717, 1.165) is 17.3 Å². The molecule has 0 spiro atoms. The van der Waals surface area contributed by atoms with Crippen molar-refractivity contribution >= 4 is 57.9 Å². The summed E-state index contributed by atoms with van der Waals surface area (Å²) in [6.45, 7) is 2.70. The molecule has 1 amide bonds. The molecule has 0 aliphatic heterocycles. The maximum atomic E-state index is 11.4. The molecule has 3 aromatic rings. The zero-order chi connectivity index (χ0) is 25.1. The number of ether oxygens (including phenoxy) is 1. The normalized spacial score (nSPS) is 10.4. The summed E-state index contributed by atoms with van der Waals surface area (Å²) >= 11 is 6.07. The van der Waals surface area contributed by atoms with Crippen LogP contribution in [0.25, 0.3) is 10.9 Å². The molecule has 11 nitrogen and oxygen atoms in total. The van der Waals surface area contributed by atoms with E-state index in [1.165, 1.54) is 5.56 Å². The van der Waals surface area contributed by atoms with Gasteiger partial charge in [-0.05, 0) is 49.2 Å². The van der Waals surface area contributed by atoms with Crippen molar-refractivity contribution < 1.29 is 29.3 Å². The standard InChI is InChI=1S/C18H20ClN5O2.C4H4O4/c1-2-26-18(25)23-15-5-6-16(24-17(15)20)21-8-7-11-10-22-14-4-3-12(19)9-13(11)14;5-3(6)1-2-4(7)8/h3-6,9-10,22H,2,7-8H2,1H3,(H,23,25)(H3,20,21,24);1-2H,(H,5,6)(H,7,8)/b;2-1-. The first-order valence-corrected chi connectivity index (χ1v) is 10.4. The summed E-state index contributed by atoms with van der Waals surface area (Å²) in [6.07, 6.45) is 3.34. The van der Waals surface area contributed by atoms with Gasteiger partial charge in [-0.15, -0.1) is 0 Å². The number of anilines is 3. The average molecular weight is 490 g/mol. The largest absolute Gasteiger partial charge is 0.478 e. The van der Waals surface area contributed by atoms with Crippen LogP contribution in [-0.2, 0) is 20.7 Å². The third-order valence-electron chi connectivity index (χ3n) is 4.24. The summed E-state index contributed by atoms with van der Waals surface area (Å²) < 4.78 is 4.82. The highest BCUT2D eigenvalue weighted by molar-refractivity contribution is 6.31. The number of carboxylic acids is 2. The Morgan fingerprint density at radius 1 is 1.18 bits per heavy atom. The number of H-pyrrole nitrogens is 1. The van der Waals surface area contributed by atoms with Gasteiger partial charge in [0.2, 0.25) is 0 Å². The molecule has 0 fully saturated rings. The Balaban J connectivity index is 0.000000440. The lowest BCUT2D eigenvalue weighted by atomic mass is 10.1. The van der Waals surface area contributed by atoms with Crippen LogP contribution < -0.4 is 16.4 Å². The highest BCUT2D eigenvalue weighted by atomic mass is 35.5. The van der Waals surface area contributed by atoms with Crippen molar-refractivity contribution in [3.8, 4) is 0 Å². The number of aromatic nitrogens is 2. The summed E-state index contributed by atoms with van der Waals surface area (Å²) in [5.74, 6) is -1.66. The Morgan fingerprint density at radius 3 is 2.50 bits per heavy atom. The number of carboxylic acid groups (broad SMARTS) is 2. The number of aromatic amines is 1. The molecule has 2 aromatic heterocycles. The number of fused-ring (bicyclic) bond motifs is 1. The number of hydrogen-bond donors (Lipinski definition) is 6. The van der Waals surface area contributed by atoms with Gasteiger partial charge in [0.1, 0.15) is 11.6 Å². The lowest BCUT2D eigenvalue weighted by molar-refractivity contribution is -0.134. The number of carbonyl (C=O) groups excluding carboxylic acids is 1. The Kier molecular flexibility index (Phi) is 9.72. The first-order chi connectivity index (χ1) is 16.2. The van der Waals surface area contributed by atoms with Crippen molar-refractivity contribution in [3.05, 3.63) is 59.3 Å². The number of nitrogens with one attached hydrogen (secondary N) is 3. The molecule has 0 aliphatic carbocycles. The molecule has 7 N–H and O–H groups in total. The van der Waals surface area contributed by atoms with Crippen LogP contribution in [0.3, 0.4) is 0 Å². The zero-order valence-electron chi connectivity index (χ0n) is 18.2. The summed E-state index contributed by atoms with van der Waals surface area (Å²) in [5.41, 5.74) is 8.53. The van der Waals surface area contributed by atoms with E-state index in [-0.39, 0.29) is 12.4 Å². The summed E-state index contributed by atoms with van der Waals surface area (Å²) in [7, 11) is 0. The van der Waals surface area contributed by atoms with Crippen LogP contribution in [0.15, 0.2) is 48.7 Å². The van der Waals surface area contributed by atoms with Crippen LogP contribution in [-0.4, -0.2) is 51.4 Å². The minimum absolute atomic E-state index is 0.224. The van der Waals surface area contributed by atoms with Crippen molar-refractivity contribution in [1.82, 2.24) is 9.97 Å². The first kappa shape index (κ1) is 26.0. The second kappa shape index (κ2) is 12.7. The number of hydrogen-bond acceptors (Lipinski definition) is 7.